The number of aromatic nitrogens is 2. The quantitative estimate of drug-likeness (QED) is 0.651. The van der Waals surface area contributed by atoms with Crippen molar-refractivity contribution in [1.29, 1.82) is 0 Å². The molecule has 7 nitrogen and oxygen atoms in total. The minimum Gasteiger partial charge on any atom is -0.497 e. The van der Waals surface area contributed by atoms with Gasteiger partial charge in [-0.25, -0.2) is 0 Å². The summed E-state index contributed by atoms with van der Waals surface area (Å²) in [5.74, 6) is 2.13. The number of carbonyl (C=O) groups excluding carboxylic acids is 1. The van der Waals surface area contributed by atoms with Gasteiger partial charge in [-0.05, 0) is 55.7 Å². The van der Waals surface area contributed by atoms with Crippen molar-refractivity contribution in [2.45, 2.75) is 25.8 Å². The molecule has 0 aliphatic carbocycles. The summed E-state index contributed by atoms with van der Waals surface area (Å²) in [5.41, 5.74) is 2.36. The highest BCUT2D eigenvalue weighted by molar-refractivity contribution is 5.97. The Morgan fingerprint density at radius 2 is 2.00 bits per heavy atom. The van der Waals surface area contributed by atoms with Gasteiger partial charge < -0.3 is 18.9 Å². The molecular formula is C22H23N3O4. The first-order valence-corrected chi connectivity index (χ1v) is 9.54. The Morgan fingerprint density at radius 1 is 1.17 bits per heavy atom. The molecule has 3 aromatic rings. The van der Waals surface area contributed by atoms with Gasteiger partial charge in [0.05, 0.1) is 25.8 Å². The van der Waals surface area contributed by atoms with Gasteiger partial charge in [0, 0.05) is 12.1 Å². The maximum atomic E-state index is 13.2. The summed E-state index contributed by atoms with van der Waals surface area (Å²) < 4.78 is 16.2. The molecule has 1 fully saturated rings. The molecule has 0 radical (unpaired) electrons. The first kappa shape index (κ1) is 19.0. The summed E-state index contributed by atoms with van der Waals surface area (Å²) in [7, 11) is 3.19. The van der Waals surface area contributed by atoms with Crippen LogP contribution < -0.4 is 9.47 Å². The Labute approximate surface area is 169 Å². The first-order valence-electron chi connectivity index (χ1n) is 9.54. The molecule has 4 rings (SSSR count). The molecule has 2 heterocycles. The number of rotatable bonds is 5. The number of nitrogens with zero attached hydrogens (tertiary/aromatic N) is 3. The van der Waals surface area contributed by atoms with E-state index in [4.69, 9.17) is 14.0 Å². The van der Waals surface area contributed by atoms with Crippen LogP contribution in [-0.2, 0) is 0 Å². The SMILES string of the molecule is COc1cc(C)cc(-c2nc([C@@H]3CCCN3C(=O)c3ccccc3OC)no2)c1. The van der Waals surface area contributed by atoms with Crippen molar-refractivity contribution in [2.75, 3.05) is 20.8 Å². The van der Waals surface area contributed by atoms with Crippen molar-refractivity contribution >= 4 is 5.91 Å². The second-order valence-corrected chi connectivity index (χ2v) is 7.05. The van der Waals surface area contributed by atoms with Crippen molar-refractivity contribution in [3.63, 3.8) is 0 Å². The minimum atomic E-state index is -0.225. The largest absolute Gasteiger partial charge is 0.497 e. The Morgan fingerprint density at radius 3 is 2.79 bits per heavy atom. The molecule has 150 valence electrons. The number of para-hydroxylation sites is 1. The molecule has 1 aliphatic heterocycles. The maximum Gasteiger partial charge on any atom is 0.258 e. The summed E-state index contributed by atoms with van der Waals surface area (Å²) in [6.07, 6.45) is 1.67. The highest BCUT2D eigenvalue weighted by Gasteiger charge is 2.35. The topological polar surface area (TPSA) is 77.7 Å². The van der Waals surface area contributed by atoms with Gasteiger partial charge in [-0.1, -0.05) is 17.3 Å². The number of ether oxygens (including phenoxy) is 2. The lowest BCUT2D eigenvalue weighted by Crippen LogP contribution is -2.31. The lowest BCUT2D eigenvalue weighted by molar-refractivity contribution is 0.0725. The van der Waals surface area contributed by atoms with Crippen LogP contribution in [0.15, 0.2) is 47.0 Å². The summed E-state index contributed by atoms with van der Waals surface area (Å²) >= 11 is 0. The van der Waals surface area contributed by atoms with Gasteiger partial charge >= 0.3 is 0 Å². The molecule has 0 bridgehead atoms. The fourth-order valence-electron chi connectivity index (χ4n) is 3.73. The molecular weight excluding hydrogens is 370 g/mol. The van der Waals surface area contributed by atoms with Crippen molar-refractivity contribution in [1.82, 2.24) is 15.0 Å². The van der Waals surface area contributed by atoms with Crippen LogP contribution in [0.4, 0.5) is 0 Å². The number of hydrogen-bond acceptors (Lipinski definition) is 6. The second kappa shape index (κ2) is 7.95. The van der Waals surface area contributed by atoms with E-state index in [1.54, 1.807) is 31.3 Å². The zero-order chi connectivity index (χ0) is 20.4. The number of likely N-dealkylation sites (tertiary alicyclic amines) is 1. The number of amides is 1. The predicted molar refractivity (Wildman–Crippen MR) is 107 cm³/mol. The number of carbonyl (C=O) groups is 1. The smallest absolute Gasteiger partial charge is 0.258 e. The van der Waals surface area contributed by atoms with Crippen LogP contribution in [0.25, 0.3) is 11.5 Å². The molecule has 1 amide bonds. The van der Waals surface area contributed by atoms with E-state index < -0.39 is 0 Å². The van der Waals surface area contributed by atoms with E-state index in [0.29, 0.717) is 29.6 Å². The van der Waals surface area contributed by atoms with Crippen LogP contribution in [0, 0.1) is 6.92 Å². The Kier molecular flexibility index (Phi) is 5.20. The van der Waals surface area contributed by atoms with Gasteiger partial charge in [0.15, 0.2) is 5.82 Å². The third-order valence-electron chi connectivity index (χ3n) is 5.12. The Hall–Kier alpha value is -3.35. The first-order chi connectivity index (χ1) is 14.1. The van der Waals surface area contributed by atoms with Crippen LogP contribution in [0.2, 0.25) is 0 Å². The summed E-state index contributed by atoms with van der Waals surface area (Å²) in [5, 5.41) is 4.18. The normalized spacial score (nSPS) is 16.1. The van der Waals surface area contributed by atoms with E-state index in [9.17, 15) is 4.79 Å². The van der Waals surface area contributed by atoms with Crippen molar-refractivity contribution in [2.24, 2.45) is 0 Å². The van der Waals surface area contributed by atoms with Gasteiger partial charge in [-0.2, -0.15) is 4.98 Å². The van der Waals surface area contributed by atoms with Crippen molar-refractivity contribution in [3.05, 3.63) is 59.4 Å². The fraction of sp³-hybridized carbons (Fsp3) is 0.318. The second-order valence-electron chi connectivity index (χ2n) is 7.05. The van der Waals surface area contributed by atoms with E-state index in [2.05, 4.69) is 10.1 Å². The number of benzene rings is 2. The molecule has 0 unspecified atom stereocenters. The van der Waals surface area contributed by atoms with Gasteiger partial charge in [-0.3, -0.25) is 4.79 Å². The van der Waals surface area contributed by atoms with Crippen LogP contribution >= 0.6 is 0 Å². The highest BCUT2D eigenvalue weighted by Crippen LogP contribution is 2.34. The molecule has 29 heavy (non-hydrogen) atoms. The molecule has 0 spiro atoms. The van der Waals surface area contributed by atoms with Crippen LogP contribution in [-0.4, -0.2) is 41.7 Å². The van der Waals surface area contributed by atoms with Crippen LogP contribution in [0.5, 0.6) is 11.5 Å². The number of aryl methyl sites for hydroxylation is 1. The van der Waals surface area contributed by atoms with Crippen molar-refractivity contribution < 1.29 is 18.8 Å². The Balaban J connectivity index is 1.62. The van der Waals surface area contributed by atoms with Crippen molar-refractivity contribution in [3.8, 4) is 23.0 Å². The molecule has 1 saturated heterocycles. The maximum absolute atomic E-state index is 13.2. The van der Waals surface area contributed by atoms with E-state index in [0.717, 1.165) is 29.7 Å². The molecule has 1 aromatic heterocycles. The van der Waals surface area contributed by atoms with E-state index in [1.165, 1.54) is 0 Å². The molecule has 2 aromatic carbocycles. The lowest BCUT2D eigenvalue weighted by atomic mass is 10.1. The zero-order valence-corrected chi connectivity index (χ0v) is 16.7. The number of methoxy groups -OCH3 is 2. The summed E-state index contributed by atoms with van der Waals surface area (Å²) in [6.45, 7) is 2.62. The van der Waals surface area contributed by atoms with E-state index >= 15 is 0 Å². The summed E-state index contributed by atoms with van der Waals surface area (Å²) in [4.78, 5) is 19.5. The zero-order valence-electron chi connectivity index (χ0n) is 16.7. The standard InChI is InChI=1S/C22H23N3O4/c1-14-11-15(13-16(12-14)27-2)21-23-20(24-29-21)18-8-6-10-25(18)22(26)17-7-4-5-9-19(17)28-3/h4-5,7,9,11-13,18H,6,8,10H2,1-3H3/t18-/m0/s1. The predicted octanol–water partition coefficient (Wildman–Crippen LogP) is 4.04. The highest BCUT2D eigenvalue weighted by atomic mass is 16.5. The fourth-order valence-corrected chi connectivity index (χ4v) is 3.73. The molecule has 1 aliphatic rings. The van der Waals surface area contributed by atoms with Gasteiger partial charge in [0.1, 0.15) is 11.5 Å². The van der Waals surface area contributed by atoms with E-state index in [1.807, 2.05) is 37.3 Å². The third kappa shape index (κ3) is 3.68. The van der Waals surface area contributed by atoms with E-state index in [-0.39, 0.29) is 11.9 Å². The van der Waals surface area contributed by atoms with Crippen LogP contribution in [0.3, 0.4) is 0 Å². The average Bonchev–Trinajstić information content (AvgIpc) is 3.42. The average molecular weight is 393 g/mol. The minimum absolute atomic E-state index is 0.0893. The van der Waals surface area contributed by atoms with Crippen LogP contribution in [0.1, 0.15) is 40.6 Å². The van der Waals surface area contributed by atoms with Gasteiger partial charge in [-0.15, -0.1) is 0 Å². The monoisotopic (exact) mass is 393 g/mol. The Bertz CT molecular complexity index is 1030. The summed E-state index contributed by atoms with van der Waals surface area (Å²) in [6, 6.07) is 12.8. The molecule has 1 atom stereocenters. The third-order valence-corrected chi connectivity index (χ3v) is 5.12. The van der Waals surface area contributed by atoms with Gasteiger partial charge in [0.25, 0.3) is 11.8 Å². The molecule has 0 N–H and O–H groups in total. The molecule has 0 saturated carbocycles. The number of hydrogen-bond donors (Lipinski definition) is 0. The lowest BCUT2D eigenvalue weighted by Gasteiger charge is -2.23. The molecule has 7 heteroatoms. The van der Waals surface area contributed by atoms with Gasteiger partial charge in [0.2, 0.25) is 0 Å².